The van der Waals surface area contributed by atoms with Crippen molar-refractivity contribution in [3.05, 3.63) is 102 Å². The van der Waals surface area contributed by atoms with Gasteiger partial charge in [0.05, 0.1) is 24.6 Å². The van der Waals surface area contributed by atoms with Gasteiger partial charge in [-0.3, -0.25) is 4.79 Å². The van der Waals surface area contributed by atoms with E-state index in [1.165, 1.54) is 13.0 Å². The lowest BCUT2D eigenvalue weighted by molar-refractivity contribution is -0.145. The molecule has 2 N–H and O–H groups in total. The number of fused-ring (bicyclic) bond motifs is 2. The Labute approximate surface area is 242 Å². The second kappa shape index (κ2) is 10.9. The largest absolute Gasteiger partial charge is 0.497 e. The number of aliphatic carboxylic acids is 1. The summed E-state index contributed by atoms with van der Waals surface area (Å²) < 4.78 is 35.1. The van der Waals surface area contributed by atoms with E-state index in [0.717, 1.165) is 27.6 Å². The Morgan fingerprint density at radius 2 is 1.81 bits per heavy atom. The third-order valence-corrected chi connectivity index (χ3v) is 7.90. The number of hydrogen-bond donors (Lipinski definition) is 2. The van der Waals surface area contributed by atoms with Crippen molar-refractivity contribution in [1.29, 1.82) is 0 Å². The SMILES string of the molecule is COc1ccc(F)c(-c2ccc([C@@H]3COc4ccc([C@H](O)[C@H](C)C(=O)O)cc4O3)cc2-c2cccc3ccn(C)c23)c1. The first-order valence-electron chi connectivity index (χ1n) is 13.6. The van der Waals surface area contributed by atoms with Gasteiger partial charge in [-0.1, -0.05) is 36.4 Å². The fraction of sp³-hybridized carbons (Fsp3) is 0.206. The van der Waals surface area contributed by atoms with Crippen LogP contribution in [0.5, 0.6) is 17.2 Å². The maximum Gasteiger partial charge on any atom is 0.309 e. The lowest BCUT2D eigenvalue weighted by atomic mass is 9.90. The minimum Gasteiger partial charge on any atom is -0.497 e. The van der Waals surface area contributed by atoms with Crippen molar-refractivity contribution in [1.82, 2.24) is 4.57 Å². The summed E-state index contributed by atoms with van der Waals surface area (Å²) in [7, 11) is 3.53. The molecule has 0 spiro atoms. The number of carboxylic acids is 1. The van der Waals surface area contributed by atoms with Crippen molar-refractivity contribution in [2.24, 2.45) is 13.0 Å². The van der Waals surface area contributed by atoms with Gasteiger partial charge in [0, 0.05) is 29.8 Å². The molecule has 2 heterocycles. The zero-order valence-electron chi connectivity index (χ0n) is 23.4. The van der Waals surface area contributed by atoms with E-state index >= 15 is 4.39 Å². The molecule has 3 atom stereocenters. The van der Waals surface area contributed by atoms with Crippen LogP contribution in [0, 0.1) is 11.7 Å². The van der Waals surface area contributed by atoms with Crippen LogP contribution in [0.25, 0.3) is 33.2 Å². The summed E-state index contributed by atoms with van der Waals surface area (Å²) in [6.45, 7) is 1.69. The highest BCUT2D eigenvalue weighted by molar-refractivity contribution is 5.99. The average molecular weight is 568 g/mol. The molecule has 1 aliphatic heterocycles. The van der Waals surface area contributed by atoms with E-state index < -0.39 is 24.1 Å². The van der Waals surface area contributed by atoms with Crippen molar-refractivity contribution in [2.75, 3.05) is 13.7 Å². The number of ether oxygens (including phenoxy) is 3. The molecule has 0 amide bonds. The first-order chi connectivity index (χ1) is 20.2. The zero-order valence-corrected chi connectivity index (χ0v) is 23.4. The van der Waals surface area contributed by atoms with Crippen LogP contribution >= 0.6 is 0 Å². The van der Waals surface area contributed by atoms with Gasteiger partial charge in [-0.15, -0.1) is 0 Å². The minimum atomic E-state index is -1.20. The van der Waals surface area contributed by atoms with Crippen LogP contribution in [-0.2, 0) is 11.8 Å². The van der Waals surface area contributed by atoms with Crippen LogP contribution in [-0.4, -0.2) is 34.5 Å². The zero-order chi connectivity index (χ0) is 29.5. The van der Waals surface area contributed by atoms with Crippen LogP contribution < -0.4 is 14.2 Å². The molecule has 7 nitrogen and oxygen atoms in total. The number of rotatable bonds is 7. The van der Waals surface area contributed by atoms with Crippen LogP contribution in [0.15, 0.2) is 85.1 Å². The Bertz CT molecular complexity index is 1810. The predicted molar refractivity (Wildman–Crippen MR) is 157 cm³/mol. The molecule has 1 aliphatic rings. The molecule has 0 bridgehead atoms. The van der Waals surface area contributed by atoms with Gasteiger partial charge in [0.2, 0.25) is 0 Å². The molecule has 42 heavy (non-hydrogen) atoms. The molecule has 0 aliphatic carbocycles. The van der Waals surface area contributed by atoms with Crippen molar-refractivity contribution < 1.29 is 33.6 Å². The number of aryl methyl sites for hydroxylation is 1. The quantitative estimate of drug-likeness (QED) is 0.222. The Kier molecular flexibility index (Phi) is 7.08. The van der Waals surface area contributed by atoms with Crippen molar-refractivity contribution >= 4 is 16.9 Å². The Morgan fingerprint density at radius 3 is 2.60 bits per heavy atom. The molecule has 0 saturated heterocycles. The molecular weight excluding hydrogens is 537 g/mol. The maximum absolute atomic E-state index is 15.3. The summed E-state index contributed by atoms with van der Waals surface area (Å²) in [5, 5.41) is 21.0. The summed E-state index contributed by atoms with van der Waals surface area (Å²) in [6.07, 6.45) is 0.291. The van der Waals surface area contributed by atoms with E-state index in [9.17, 15) is 15.0 Å². The molecule has 6 rings (SSSR count). The molecule has 0 saturated carbocycles. The van der Waals surface area contributed by atoms with Crippen LogP contribution in [0.3, 0.4) is 0 Å². The van der Waals surface area contributed by atoms with Gasteiger partial charge >= 0.3 is 5.97 Å². The first kappa shape index (κ1) is 27.4. The van der Waals surface area contributed by atoms with Gasteiger partial charge in [0.15, 0.2) is 17.6 Å². The number of benzene rings is 4. The number of carbonyl (C=O) groups is 1. The Morgan fingerprint density at radius 1 is 0.976 bits per heavy atom. The van der Waals surface area contributed by atoms with Crippen LogP contribution in [0.2, 0.25) is 0 Å². The van der Waals surface area contributed by atoms with E-state index in [2.05, 4.69) is 0 Å². The highest BCUT2D eigenvalue weighted by Crippen LogP contribution is 2.43. The molecule has 8 heteroatoms. The number of carboxylic acid groups (broad SMARTS) is 1. The lowest BCUT2D eigenvalue weighted by Crippen LogP contribution is -2.23. The second-order valence-corrected chi connectivity index (χ2v) is 10.5. The number of aliphatic hydroxyl groups excluding tert-OH is 1. The Balaban J connectivity index is 1.45. The summed E-state index contributed by atoms with van der Waals surface area (Å²) >= 11 is 0. The summed E-state index contributed by atoms with van der Waals surface area (Å²) in [6, 6.07) is 23.5. The molecule has 4 aromatic carbocycles. The lowest BCUT2D eigenvalue weighted by Gasteiger charge is -2.28. The third kappa shape index (κ3) is 4.84. The number of hydrogen-bond acceptors (Lipinski definition) is 5. The number of aliphatic hydroxyl groups is 1. The molecule has 0 radical (unpaired) electrons. The first-order valence-corrected chi connectivity index (χ1v) is 13.6. The number of nitrogens with zero attached hydrogens (tertiary/aromatic N) is 1. The van der Waals surface area contributed by atoms with E-state index in [1.54, 1.807) is 37.4 Å². The third-order valence-electron chi connectivity index (χ3n) is 7.90. The maximum atomic E-state index is 15.3. The number of halogens is 1. The van der Waals surface area contributed by atoms with Gasteiger partial charge in [-0.2, -0.15) is 0 Å². The van der Waals surface area contributed by atoms with Gasteiger partial charge in [0.1, 0.15) is 18.2 Å². The van der Waals surface area contributed by atoms with E-state index in [-0.39, 0.29) is 12.4 Å². The molecule has 214 valence electrons. The second-order valence-electron chi connectivity index (χ2n) is 10.5. The summed E-state index contributed by atoms with van der Waals surface area (Å²) in [4.78, 5) is 11.4. The van der Waals surface area contributed by atoms with Gasteiger partial charge in [-0.25, -0.2) is 4.39 Å². The topological polar surface area (TPSA) is 90.2 Å². The van der Waals surface area contributed by atoms with Gasteiger partial charge < -0.3 is 29.0 Å². The molecular formula is C34H30FNO6. The van der Waals surface area contributed by atoms with E-state index in [4.69, 9.17) is 14.2 Å². The normalized spacial score (nSPS) is 15.8. The van der Waals surface area contributed by atoms with Crippen molar-refractivity contribution in [3.8, 4) is 39.5 Å². The molecule has 0 unspecified atom stereocenters. The van der Waals surface area contributed by atoms with Crippen molar-refractivity contribution in [3.63, 3.8) is 0 Å². The van der Waals surface area contributed by atoms with E-state index in [1.807, 2.05) is 60.3 Å². The highest BCUT2D eigenvalue weighted by Gasteiger charge is 2.28. The number of para-hydroxylation sites is 1. The number of aromatic nitrogens is 1. The predicted octanol–water partition coefficient (Wildman–Crippen LogP) is 6.93. The Hall–Kier alpha value is -4.82. The molecule has 5 aromatic rings. The summed E-state index contributed by atoms with van der Waals surface area (Å²) in [5.74, 6) is -0.978. The van der Waals surface area contributed by atoms with Crippen molar-refractivity contribution in [2.45, 2.75) is 19.1 Å². The minimum absolute atomic E-state index is 0.237. The van der Waals surface area contributed by atoms with E-state index in [0.29, 0.717) is 33.9 Å². The smallest absolute Gasteiger partial charge is 0.309 e. The monoisotopic (exact) mass is 567 g/mol. The van der Waals surface area contributed by atoms with Crippen LogP contribution in [0.4, 0.5) is 4.39 Å². The van der Waals surface area contributed by atoms with Gasteiger partial charge in [0.25, 0.3) is 0 Å². The molecule has 1 aromatic heterocycles. The van der Waals surface area contributed by atoms with Crippen LogP contribution in [0.1, 0.15) is 30.3 Å². The molecule has 0 fully saturated rings. The fourth-order valence-electron chi connectivity index (χ4n) is 5.49. The standard InChI is InChI=1S/C34H30FNO6/c1-19(34(38)39)33(37)22-8-12-29-30(16-22)42-31(18-41-29)21-7-10-24(27-17-23(40-3)9-11-28(27)35)26(15-21)25-6-4-5-20-13-14-36(2)32(20)25/h4-17,19,31,33,37H,18H2,1-3H3,(H,38,39)/t19-,31-,33+/m0/s1. The average Bonchev–Trinajstić information content (AvgIpc) is 3.40. The fourth-order valence-corrected chi connectivity index (χ4v) is 5.49. The highest BCUT2D eigenvalue weighted by atomic mass is 19.1. The van der Waals surface area contributed by atoms with Gasteiger partial charge in [-0.05, 0) is 71.6 Å². The number of methoxy groups -OCH3 is 1. The summed E-state index contributed by atoms with van der Waals surface area (Å²) in [5.41, 5.74) is 5.13.